The van der Waals surface area contributed by atoms with E-state index in [1.165, 1.54) is 6.92 Å². The smallest absolute Gasteiger partial charge is 0.266 e. The fraction of sp³-hybridized carbons (Fsp3) is 0.154. The van der Waals surface area contributed by atoms with Crippen LogP contribution < -0.4 is 5.11 Å². The van der Waals surface area contributed by atoms with Crippen molar-refractivity contribution in [3.63, 3.8) is 0 Å². The molecule has 0 aromatic heterocycles. The van der Waals surface area contributed by atoms with Crippen molar-refractivity contribution in [3.8, 4) is 0 Å². The van der Waals surface area contributed by atoms with Gasteiger partial charge in [-0.3, -0.25) is 9.69 Å². The largest absolute Gasteiger partial charge is 0.548 e. The summed E-state index contributed by atoms with van der Waals surface area (Å²) in [7, 11) is 0. The summed E-state index contributed by atoms with van der Waals surface area (Å²) >= 11 is 17.9. The zero-order valence-electron chi connectivity index (χ0n) is 10.6. The van der Waals surface area contributed by atoms with E-state index >= 15 is 0 Å². The Morgan fingerprint density at radius 3 is 2.71 bits per heavy atom. The minimum absolute atomic E-state index is 0.174. The SMILES string of the molecule is C[C@@H](C(=O)[O-])N1C(=O)/C(=C/c2ccc(Cl)cc2Cl)SC1=S. The van der Waals surface area contributed by atoms with Crippen LogP contribution in [-0.2, 0) is 9.59 Å². The van der Waals surface area contributed by atoms with Crippen molar-refractivity contribution in [2.24, 2.45) is 0 Å². The molecule has 1 aromatic rings. The van der Waals surface area contributed by atoms with Crippen LogP contribution >= 0.6 is 47.2 Å². The number of hydrogen-bond donors (Lipinski definition) is 0. The predicted octanol–water partition coefficient (Wildman–Crippen LogP) is 2.33. The van der Waals surface area contributed by atoms with Crippen LogP contribution in [0.4, 0.5) is 0 Å². The normalized spacial score (nSPS) is 18.4. The molecule has 1 aliphatic rings. The Morgan fingerprint density at radius 2 is 2.14 bits per heavy atom. The molecular formula is C13H8Cl2NO3S2-. The van der Waals surface area contributed by atoms with Gasteiger partial charge in [0.1, 0.15) is 4.32 Å². The zero-order chi connectivity index (χ0) is 15.7. The van der Waals surface area contributed by atoms with E-state index in [2.05, 4.69) is 0 Å². The van der Waals surface area contributed by atoms with Gasteiger partial charge in [0.25, 0.3) is 5.91 Å². The highest BCUT2D eigenvalue weighted by Gasteiger charge is 2.35. The Morgan fingerprint density at radius 1 is 1.48 bits per heavy atom. The minimum Gasteiger partial charge on any atom is -0.548 e. The van der Waals surface area contributed by atoms with Gasteiger partial charge in [-0.1, -0.05) is 53.2 Å². The number of thioether (sulfide) groups is 1. The van der Waals surface area contributed by atoms with Crippen molar-refractivity contribution in [3.05, 3.63) is 38.7 Å². The van der Waals surface area contributed by atoms with Crippen LogP contribution in [0.3, 0.4) is 0 Å². The predicted molar refractivity (Wildman–Crippen MR) is 85.9 cm³/mol. The maximum Gasteiger partial charge on any atom is 0.266 e. The van der Waals surface area contributed by atoms with Crippen molar-refractivity contribution in [2.75, 3.05) is 0 Å². The highest BCUT2D eigenvalue weighted by molar-refractivity contribution is 8.26. The van der Waals surface area contributed by atoms with Crippen molar-refractivity contribution in [1.29, 1.82) is 0 Å². The van der Waals surface area contributed by atoms with Crippen LogP contribution in [-0.4, -0.2) is 27.1 Å². The number of halogens is 2. The molecule has 0 N–H and O–H groups in total. The molecule has 1 aromatic carbocycles. The zero-order valence-corrected chi connectivity index (χ0v) is 13.8. The van der Waals surface area contributed by atoms with Gasteiger partial charge in [0.05, 0.1) is 16.9 Å². The number of thiocarbonyl (C=S) groups is 1. The molecule has 0 bridgehead atoms. The Kier molecular flexibility index (Phi) is 4.93. The number of carbonyl (C=O) groups excluding carboxylic acids is 2. The van der Waals surface area contributed by atoms with Gasteiger partial charge >= 0.3 is 0 Å². The van der Waals surface area contributed by atoms with Gasteiger partial charge in [-0.05, 0) is 30.7 Å². The first kappa shape index (κ1) is 16.3. The molecule has 1 amide bonds. The molecule has 0 unspecified atom stereocenters. The third-order valence-corrected chi connectivity index (χ3v) is 4.69. The number of carboxylic acid groups (broad SMARTS) is 1. The molecule has 0 radical (unpaired) electrons. The first-order chi connectivity index (χ1) is 9.81. The summed E-state index contributed by atoms with van der Waals surface area (Å²) in [6.07, 6.45) is 1.56. The molecule has 0 spiro atoms. The lowest BCUT2D eigenvalue weighted by molar-refractivity contribution is -0.309. The quantitative estimate of drug-likeness (QED) is 0.611. The molecule has 0 aliphatic carbocycles. The first-order valence-electron chi connectivity index (χ1n) is 5.74. The summed E-state index contributed by atoms with van der Waals surface area (Å²) < 4.78 is 0.174. The van der Waals surface area contributed by atoms with E-state index in [-0.39, 0.29) is 4.32 Å². The molecule has 1 heterocycles. The third-order valence-electron chi connectivity index (χ3n) is 2.80. The molecule has 2 rings (SSSR count). The maximum atomic E-state index is 12.2. The number of rotatable bonds is 3. The fourth-order valence-corrected chi connectivity index (χ4v) is 3.55. The van der Waals surface area contributed by atoms with Gasteiger partial charge in [-0.25, -0.2) is 0 Å². The van der Waals surface area contributed by atoms with Gasteiger partial charge in [-0.15, -0.1) is 0 Å². The molecule has 21 heavy (non-hydrogen) atoms. The number of carboxylic acids is 1. The van der Waals surface area contributed by atoms with Gasteiger partial charge in [-0.2, -0.15) is 0 Å². The Labute approximate surface area is 140 Å². The Hall–Kier alpha value is -1.08. The number of aliphatic carboxylic acids is 1. The van der Waals surface area contributed by atoms with Gasteiger partial charge < -0.3 is 9.90 Å². The van der Waals surface area contributed by atoms with E-state index in [1.54, 1.807) is 24.3 Å². The molecule has 1 saturated heterocycles. The van der Waals surface area contributed by atoms with Crippen molar-refractivity contribution < 1.29 is 14.7 Å². The van der Waals surface area contributed by atoms with Crippen LogP contribution in [0.25, 0.3) is 6.08 Å². The number of carbonyl (C=O) groups is 2. The molecule has 0 saturated carbocycles. The monoisotopic (exact) mass is 360 g/mol. The summed E-state index contributed by atoms with van der Waals surface area (Å²) in [6, 6.07) is 3.74. The van der Waals surface area contributed by atoms with E-state index < -0.39 is 17.9 Å². The Bertz CT molecular complexity index is 675. The molecule has 8 heteroatoms. The van der Waals surface area contributed by atoms with Crippen molar-refractivity contribution in [2.45, 2.75) is 13.0 Å². The lowest BCUT2D eigenvalue weighted by atomic mass is 10.2. The molecule has 4 nitrogen and oxygen atoms in total. The molecule has 1 aliphatic heterocycles. The number of nitrogens with zero attached hydrogens (tertiary/aromatic N) is 1. The first-order valence-corrected chi connectivity index (χ1v) is 7.72. The number of hydrogen-bond acceptors (Lipinski definition) is 5. The van der Waals surface area contributed by atoms with Crippen molar-refractivity contribution >= 4 is 69.5 Å². The minimum atomic E-state index is -1.36. The van der Waals surface area contributed by atoms with E-state index in [1.807, 2.05) is 0 Å². The van der Waals surface area contributed by atoms with E-state index in [9.17, 15) is 14.7 Å². The van der Waals surface area contributed by atoms with Crippen LogP contribution in [0.15, 0.2) is 23.1 Å². The number of amides is 1. The van der Waals surface area contributed by atoms with Crippen molar-refractivity contribution in [1.82, 2.24) is 4.90 Å². The van der Waals surface area contributed by atoms with E-state index in [0.29, 0.717) is 20.5 Å². The van der Waals surface area contributed by atoms with E-state index in [0.717, 1.165) is 16.7 Å². The average Bonchev–Trinajstić information content (AvgIpc) is 2.67. The lowest BCUT2D eigenvalue weighted by Gasteiger charge is -2.23. The second-order valence-corrected chi connectivity index (χ2v) is 6.73. The van der Waals surface area contributed by atoms with Crippen LogP contribution in [0.2, 0.25) is 10.0 Å². The fourth-order valence-electron chi connectivity index (χ4n) is 1.68. The second-order valence-electron chi connectivity index (χ2n) is 4.21. The molecule has 1 atom stereocenters. The van der Waals surface area contributed by atoms with Crippen LogP contribution in [0, 0.1) is 0 Å². The summed E-state index contributed by atoms with van der Waals surface area (Å²) in [6.45, 7) is 1.35. The molecule has 110 valence electrons. The highest BCUT2D eigenvalue weighted by Crippen LogP contribution is 2.35. The van der Waals surface area contributed by atoms with Crippen LogP contribution in [0.1, 0.15) is 12.5 Å². The highest BCUT2D eigenvalue weighted by atomic mass is 35.5. The second kappa shape index (κ2) is 6.36. The standard InChI is InChI=1S/C13H9Cl2NO3S2/c1-6(12(18)19)16-11(17)10(21-13(16)20)4-7-2-3-8(14)5-9(7)15/h2-6H,1H3,(H,18,19)/p-1/b10-4-/t6-/m0/s1. The topological polar surface area (TPSA) is 60.4 Å². The summed E-state index contributed by atoms with van der Waals surface area (Å²) in [5, 5.41) is 11.8. The summed E-state index contributed by atoms with van der Waals surface area (Å²) in [4.78, 5) is 24.5. The summed E-state index contributed by atoms with van der Waals surface area (Å²) in [5.41, 5.74) is 0.600. The molecular weight excluding hydrogens is 353 g/mol. The van der Waals surface area contributed by atoms with Gasteiger partial charge in [0.15, 0.2) is 0 Å². The molecule has 1 fully saturated rings. The number of benzene rings is 1. The van der Waals surface area contributed by atoms with Gasteiger partial charge in [0, 0.05) is 10.0 Å². The maximum absolute atomic E-state index is 12.2. The third kappa shape index (κ3) is 3.40. The Balaban J connectivity index is 2.34. The lowest BCUT2D eigenvalue weighted by Crippen LogP contribution is -2.48. The summed E-state index contributed by atoms with van der Waals surface area (Å²) in [5.74, 6) is -1.84. The van der Waals surface area contributed by atoms with Crippen LogP contribution in [0.5, 0.6) is 0 Å². The van der Waals surface area contributed by atoms with E-state index in [4.69, 9.17) is 35.4 Å². The van der Waals surface area contributed by atoms with Gasteiger partial charge in [0.2, 0.25) is 0 Å². The average molecular weight is 361 g/mol.